The number of nitriles is 1. The normalized spacial score (nSPS) is 11.3. The number of anilines is 1. The van der Waals surface area contributed by atoms with Crippen molar-refractivity contribution in [2.75, 3.05) is 5.32 Å². The van der Waals surface area contributed by atoms with Crippen LogP contribution in [0.5, 0.6) is 0 Å². The minimum absolute atomic E-state index is 0.223. The number of amides is 1. The molecule has 0 aliphatic rings. The third kappa shape index (κ3) is 3.75. The quantitative estimate of drug-likeness (QED) is 0.385. The lowest BCUT2D eigenvalue weighted by molar-refractivity contribution is -0.112. The summed E-state index contributed by atoms with van der Waals surface area (Å²) in [4.78, 5) is 11.8. The van der Waals surface area contributed by atoms with Gasteiger partial charge in [0.2, 0.25) is 0 Å². The van der Waals surface area contributed by atoms with Crippen molar-refractivity contribution in [3.05, 3.63) is 51.7 Å². The number of allylic oxidation sites excluding steroid dienone is 1. The van der Waals surface area contributed by atoms with E-state index in [9.17, 15) is 9.90 Å². The lowest BCUT2D eigenvalue weighted by Gasteiger charge is -2.07. The maximum atomic E-state index is 11.8. The molecule has 0 bridgehead atoms. The van der Waals surface area contributed by atoms with Gasteiger partial charge in [0.25, 0.3) is 5.91 Å². The van der Waals surface area contributed by atoms with Crippen molar-refractivity contribution >= 4 is 34.8 Å². The minimum Gasteiger partial charge on any atom is -0.506 e. The highest BCUT2D eigenvalue weighted by molar-refractivity contribution is 6.42. The van der Waals surface area contributed by atoms with Crippen LogP contribution in [0.2, 0.25) is 10.0 Å². The van der Waals surface area contributed by atoms with E-state index in [0.717, 1.165) is 0 Å². The van der Waals surface area contributed by atoms with E-state index in [1.54, 1.807) is 6.07 Å². The second kappa shape index (κ2) is 6.28. The van der Waals surface area contributed by atoms with Crippen LogP contribution in [-0.2, 0) is 4.79 Å². The summed E-state index contributed by atoms with van der Waals surface area (Å²) in [7, 11) is 0. The van der Waals surface area contributed by atoms with Crippen LogP contribution in [0.15, 0.2) is 41.7 Å². The molecule has 0 aliphatic carbocycles. The van der Waals surface area contributed by atoms with Gasteiger partial charge in [0.1, 0.15) is 11.8 Å². The molecule has 0 unspecified atom stereocenters. The molecule has 0 spiro atoms. The van der Waals surface area contributed by atoms with E-state index in [1.165, 1.54) is 25.1 Å². The summed E-state index contributed by atoms with van der Waals surface area (Å²) in [6, 6.07) is 6.10. The van der Waals surface area contributed by atoms with Gasteiger partial charge in [0, 0.05) is 5.69 Å². The molecule has 2 N–H and O–H groups in total. The molecule has 1 amide bonds. The van der Waals surface area contributed by atoms with Crippen molar-refractivity contribution in [2.24, 2.45) is 0 Å². The molecule has 0 fully saturated rings. The molecular formula is C13H10Cl2N2O2. The maximum Gasteiger partial charge on any atom is 0.270 e. The van der Waals surface area contributed by atoms with Crippen molar-refractivity contribution in [1.82, 2.24) is 0 Å². The van der Waals surface area contributed by atoms with Gasteiger partial charge in [0.05, 0.1) is 10.0 Å². The van der Waals surface area contributed by atoms with Gasteiger partial charge in [-0.2, -0.15) is 5.26 Å². The predicted molar refractivity (Wildman–Crippen MR) is 75.2 cm³/mol. The summed E-state index contributed by atoms with van der Waals surface area (Å²) in [5.74, 6) is -1.19. The molecule has 98 valence electrons. The molecule has 0 aliphatic heterocycles. The molecule has 0 saturated heterocycles. The number of nitrogens with one attached hydrogen (secondary N) is 1. The van der Waals surface area contributed by atoms with Gasteiger partial charge in [-0.3, -0.25) is 4.79 Å². The number of rotatable bonds is 3. The topological polar surface area (TPSA) is 73.1 Å². The van der Waals surface area contributed by atoms with Crippen molar-refractivity contribution < 1.29 is 9.90 Å². The van der Waals surface area contributed by atoms with E-state index in [-0.39, 0.29) is 10.6 Å². The zero-order chi connectivity index (χ0) is 14.6. The Hall–Kier alpha value is -1.96. The zero-order valence-corrected chi connectivity index (χ0v) is 11.5. The molecule has 0 aromatic heterocycles. The van der Waals surface area contributed by atoms with Gasteiger partial charge in [-0.05, 0) is 30.7 Å². The Balaban J connectivity index is 3.02. The van der Waals surface area contributed by atoms with Crippen LogP contribution in [0.3, 0.4) is 0 Å². The van der Waals surface area contributed by atoms with Crippen LogP contribution < -0.4 is 5.32 Å². The van der Waals surface area contributed by atoms with Crippen molar-refractivity contribution in [2.45, 2.75) is 6.92 Å². The van der Waals surface area contributed by atoms with Crippen LogP contribution in [0.25, 0.3) is 0 Å². The smallest absolute Gasteiger partial charge is 0.270 e. The molecule has 0 saturated carbocycles. The molecule has 0 radical (unpaired) electrons. The predicted octanol–water partition coefficient (Wildman–Crippen LogP) is 3.84. The fraction of sp³-hybridized carbons (Fsp3) is 0.0769. The molecule has 4 nitrogen and oxygen atoms in total. The standard InChI is InChI=1S/C13H10Cl2N2O2/c1-7(2)12(18)9(6-16)13(19)17-8-3-4-10(14)11(15)5-8/h3-5,18H,1H2,2H3,(H,17,19)/b12-9-. The highest BCUT2D eigenvalue weighted by Crippen LogP contribution is 2.25. The molecule has 1 rings (SSSR count). The summed E-state index contributed by atoms with van der Waals surface area (Å²) in [5.41, 5.74) is 0.168. The Morgan fingerprint density at radius 2 is 2.05 bits per heavy atom. The van der Waals surface area contributed by atoms with Gasteiger partial charge in [-0.1, -0.05) is 29.8 Å². The lowest BCUT2D eigenvalue weighted by Crippen LogP contribution is -2.15. The first-order chi connectivity index (χ1) is 8.86. The fourth-order valence-corrected chi connectivity index (χ4v) is 1.49. The van der Waals surface area contributed by atoms with Gasteiger partial charge in [0.15, 0.2) is 5.57 Å². The number of carbonyl (C=O) groups excluding carboxylic acids is 1. The first kappa shape index (κ1) is 15.1. The number of benzene rings is 1. The summed E-state index contributed by atoms with van der Waals surface area (Å²) in [6.07, 6.45) is 0. The van der Waals surface area contributed by atoms with Crippen LogP contribution in [0.1, 0.15) is 6.92 Å². The SMILES string of the molecule is C=C(C)/C(O)=C(\C#N)C(=O)Nc1ccc(Cl)c(Cl)c1. The molecule has 0 heterocycles. The summed E-state index contributed by atoms with van der Waals surface area (Å²) < 4.78 is 0. The number of halogens is 2. The van der Waals surface area contributed by atoms with Crippen LogP contribution in [-0.4, -0.2) is 11.0 Å². The van der Waals surface area contributed by atoms with Crippen molar-refractivity contribution in [3.63, 3.8) is 0 Å². The Labute approximate surface area is 120 Å². The molecule has 6 heteroatoms. The van der Waals surface area contributed by atoms with Crippen LogP contribution in [0, 0.1) is 11.3 Å². The van der Waals surface area contributed by atoms with E-state index < -0.39 is 17.2 Å². The average Bonchev–Trinajstić information content (AvgIpc) is 2.34. The first-order valence-electron chi connectivity index (χ1n) is 5.12. The van der Waals surface area contributed by atoms with E-state index in [4.69, 9.17) is 28.5 Å². The number of carbonyl (C=O) groups is 1. The van der Waals surface area contributed by atoms with Crippen molar-refractivity contribution in [3.8, 4) is 6.07 Å². The Kier molecular flexibility index (Phi) is 4.99. The van der Waals surface area contributed by atoms with Gasteiger partial charge in [-0.15, -0.1) is 0 Å². The third-order valence-electron chi connectivity index (χ3n) is 2.16. The van der Waals surface area contributed by atoms with Gasteiger partial charge < -0.3 is 10.4 Å². The largest absolute Gasteiger partial charge is 0.506 e. The Morgan fingerprint density at radius 1 is 1.42 bits per heavy atom. The number of hydrogen-bond acceptors (Lipinski definition) is 3. The summed E-state index contributed by atoms with van der Waals surface area (Å²) in [5, 5.41) is 21.5. The highest BCUT2D eigenvalue weighted by Gasteiger charge is 2.16. The van der Waals surface area contributed by atoms with Crippen molar-refractivity contribution in [1.29, 1.82) is 5.26 Å². The van der Waals surface area contributed by atoms with E-state index >= 15 is 0 Å². The van der Waals surface area contributed by atoms with Gasteiger partial charge in [-0.25, -0.2) is 0 Å². The average molecular weight is 297 g/mol. The number of nitrogens with zero attached hydrogens (tertiary/aromatic N) is 1. The Morgan fingerprint density at radius 3 is 2.53 bits per heavy atom. The van der Waals surface area contributed by atoms with E-state index in [0.29, 0.717) is 10.7 Å². The third-order valence-corrected chi connectivity index (χ3v) is 2.90. The maximum absolute atomic E-state index is 11.8. The highest BCUT2D eigenvalue weighted by atomic mass is 35.5. The zero-order valence-electron chi connectivity index (χ0n) is 10.00. The number of hydrogen-bond donors (Lipinski definition) is 2. The second-order valence-corrected chi connectivity index (χ2v) is 4.51. The molecule has 1 aromatic carbocycles. The molecule has 0 atom stereocenters. The second-order valence-electron chi connectivity index (χ2n) is 3.70. The molecular weight excluding hydrogens is 287 g/mol. The van der Waals surface area contributed by atoms with E-state index in [1.807, 2.05) is 0 Å². The summed E-state index contributed by atoms with van der Waals surface area (Å²) >= 11 is 11.5. The first-order valence-corrected chi connectivity index (χ1v) is 5.88. The molecule has 19 heavy (non-hydrogen) atoms. The van der Waals surface area contributed by atoms with Crippen LogP contribution >= 0.6 is 23.2 Å². The monoisotopic (exact) mass is 296 g/mol. The molecule has 1 aromatic rings. The summed E-state index contributed by atoms with van der Waals surface area (Å²) in [6.45, 7) is 4.95. The number of aliphatic hydroxyl groups is 1. The lowest BCUT2D eigenvalue weighted by atomic mass is 10.1. The van der Waals surface area contributed by atoms with E-state index in [2.05, 4.69) is 11.9 Å². The minimum atomic E-state index is -0.749. The fourth-order valence-electron chi connectivity index (χ4n) is 1.19. The number of aliphatic hydroxyl groups excluding tert-OH is 1. The Bertz CT molecular complexity index is 616. The van der Waals surface area contributed by atoms with Crippen LogP contribution in [0.4, 0.5) is 5.69 Å². The van der Waals surface area contributed by atoms with Gasteiger partial charge >= 0.3 is 0 Å².